The van der Waals surface area contributed by atoms with Crippen molar-refractivity contribution in [2.75, 3.05) is 57.4 Å². The highest BCUT2D eigenvalue weighted by Crippen LogP contribution is 2.33. The molecular weight excluding hydrogens is 508 g/mol. The van der Waals surface area contributed by atoms with Crippen molar-refractivity contribution >= 4 is 42.6 Å². The molecule has 0 saturated carbocycles. The Bertz CT molecular complexity index is 1360. The molecule has 3 heterocycles. The number of morpholine rings is 1. The molecule has 2 fully saturated rings. The molecule has 0 atom stereocenters. The topological polar surface area (TPSA) is 83.0 Å². The highest BCUT2D eigenvalue weighted by atomic mass is 32.2. The third-order valence-corrected chi connectivity index (χ3v) is 10.2. The second-order valence-electron chi connectivity index (χ2n) is 9.83. The highest BCUT2D eigenvalue weighted by molar-refractivity contribution is 7.89. The van der Waals surface area contributed by atoms with Crippen molar-refractivity contribution in [2.24, 2.45) is 0 Å². The standard InChI is InChI=1S/C27H34N4O4S2/c1-20-18-21(2)25-24(19-20)28-27(36-25)31(13-5-10-29-14-16-35-17-15-29)26(32)22-6-8-23(9-7-22)37(33,34)30-11-3-4-12-30/h6-9,18-19H,3-5,10-17H2,1-2H3. The molecule has 2 saturated heterocycles. The fraction of sp³-hybridized carbons (Fsp3) is 0.481. The van der Waals surface area contributed by atoms with Crippen molar-refractivity contribution in [2.45, 2.75) is 38.0 Å². The molecule has 0 aliphatic carbocycles. The van der Waals surface area contributed by atoms with Gasteiger partial charge in [0.25, 0.3) is 5.91 Å². The van der Waals surface area contributed by atoms with Crippen molar-refractivity contribution in [1.29, 1.82) is 0 Å². The number of anilines is 1. The van der Waals surface area contributed by atoms with Crippen molar-refractivity contribution in [3.8, 4) is 0 Å². The van der Waals surface area contributed by atoms with Crippen LogP contribution in [-0.2, 0) is 14.8 Å². The van der Waals surface area contributed by atoms with Crippen LogP contribution in [0, 0.1) is 13.8 Å². The third-order valence-electron chi connectivity index (χ3n) is 7.05. The summed E-state index contributed by atoms with van der Waals surface area (Å²) in [6.07, 6.45) is 2.58. The van der Waals surface area contributed by atoms with Gasteiger partial charge in [0.1, 0.15) is 0 Å². The maximum Gasteiger partial charge on any atom is 0.260 e. The van der Waals surface area contributed by atoms with E-state index in [2.05, 4.69) is 30.9 Å². The van der Waals surface area contributed by atoms with Gasteiger partial charge in [0.05, 0.1) is 28.3 Å². The summed E-state index contributed by atoms with van der Waals surface area (Å²) in [6, 6.07) is 10.6. The van der Waals surface area contributed by atoms with E-state index in [4.69, 9.17) is 9.72 Å². The largest absolute Gasteiger partial charge is 0.379 e. The van der Waals surface area contributed by atoms with Gasteiger partial charge in [0, 0.05) is 44.8 Å². The molecule has 0 unspecified atom stereocenters. The van der Waals surface area contributed by atoms with E-state index in [0.717, 1.165) is 73.5 Å². The first kappa shape index (κ1) is 26.2. The van der Waals surface area contributed by atoms with Crippen molar-refractivity contribution in [3.63, 3.8) is 0 Å². The zero-order chi connectivity index (χ0) is 26.0. The van der Waals surface area contributed by atoms with E-state index < -0.39 is 10.0 Å². The Morgan fingerprint density at radius 1 is 1.05 bits per heavy atom. The number of benzene rings is 2. The molecule has 1 aromatic heterocycles. The van der Waals surface area contributed by atoms with Gasteiger partial charge in [0.2, 0.25) is 10.0 Å². The molecule has 8 nitrogen and oxygen atoms in total. The number of aryl methyl sites for hydroxylation is 2. The van der Waals surface area contributed by atoms with E-state index in [1.807, 2.05) is 0 Å². The van der Waals surface area contributed by atoms with E-state index in [1.165, 1.54) is 15.6 Å². The molecular formula is C27H34N4O4S2. The number of thiazole rings is 1. The zero-order valence-electron chi connectivity index (χ0n) is 21.5. The number of hydrogen-bond donors (Lipinski definition) is 0. The van der Waals surface area contributed by atoms with E-state index in [0.29, 0.717) is 30.3 Å². The molecule has 0 N–H and O–H groups in total. The first-order chi connectivity index (χ1) is 17.8. The summed E-state index contributed by atoms with van der Waals surface area (Å²) in [5.74, 6) is -0.166. The lowest BCUT2D eigenvalue weighted by molar-refractivity contribution is 0.0376. The third kappa shape index (κ3) is 5.73. The van der Waals surface area contributed by atoms with Gasteiger partial charge in [0.15, 0.2) is 5.13 Å². The minimum absolute atomic E-state index is 0.166. The first-order valence-corrected chi connectivity index (χ1v) is 15.2. The summed E-state index contributed by atoms with van der Waals surface area (Å²) in [5.41, 5.74) is 3.65. The van der Waals surface area contributed by atoms with Crippen LogP contribution in [0.2, 0.25) is 0 Å². The Balaban J connectivity index is 1.40. The van der Waals surface area contributed by atoms with E-state index in [1.54, 1.807) is 29.2 Å². The van der Waals surface area contributed by atoms with E-state index in [9.17, 15) is 13.2 Å². The van der Waals surface area contributed by atoms with Crippen LogP contribution >= 0.6 is 11.3 Å². The summed E-state index contributed by atoms with van der Waals surface area (Å²) in [6.45, 7) is 9.92. The molecule has 3 aromatic rings. The van der Waals surface area contributed by atoms with Gasteiger partial charge < -0.3 is 4.74 Å². The van der Waals surface area contributed by atoms with Crippen LogP contribution < -0.4 is 4.90 Å². The quantitative estimate of drug-likeness (QED) is 0.427. The second-order valence-corrected chi connectivity index (χ2v) is 12.7. The molecule has 2 aromatic carbocycles. The first-order valence-electron chi connectivity index (χ1n) is 12.9. The number of fused-ring (bicyclic) bond motifs is 1. The van der Waals surface area contributed by atoms with Crippen LogP contribution in [0.15, 0.2) is 41.3 Å². The van der Waals surface area contributed by atoms with Gasteiger partial charge in [-0.15, -0.1) is 0 Å². The number of sulfonamides is 1. The summed E-state index contributed by atoms with van der Waals surface area (Å²) < 4.78 is 33.9. The Kier molecular flexibility index (Phi) is 7.92. The average Bonchev–Trinajstić information content (AvgIpc) is 3.58. The minimum atomic E-state index is -3.52. The molecule has 2 aliphatic heterocycles. The fourth-order valence-electron chi connectivity index (χ4n) is 5.04. The number of hydrogen-bond acceptors (Lipinski definition) is 7. The van der Waals surface area contributed by atoms with Gasteiger partial charge in [-0.05, 0) is 74.6 Å². The maximum atomic E-state index is 13.8. The lowest BCUT2D eigenvalue weighted by atomic mass is 10.1. The predicted molar refractivity (Wildman–Crippen MR) is 147 cm³/mol. The minimum Gasteiger partial charge on any atom is -0.379 e. The average molecular weight is 543 g/mol. The molecule has 5 rings (SSSR count). The van der Waals surface area contributed by atoms with Crippen molar-refractivity contribution in [1.82, 2.24) is 14.2 Å². The molecule has 37 heavy (non-hydrogen) atoms. The second kappa shape index (κ2) is 11.2. The van der Waals surface area contributed by atoms with E-state index >= 15 is 0 Å². The van der Waals surface area contributed by atoms with Crippen LogP contribution in [0.5, 0.6) is 0 Å². The normalized spacial score (nSPS) is 17.5. The van der Waals surface area contributed by atoms with Crippen LogP contribution in [0.4, 0.5) is 5.13 Å². The number of carbonyl (C=O) groups is 1. The molecule has 198 valence electrons. The van der Waals surface area contributed by atoms with Crippen molar-refractivity contribution < 1.29 is 17.9 Å². The van der Waals surface area contributed by atoms with Crippen LogP contribution in [0.3, 0.4) is 0 Å². The highest BCUT2D eigenvalue weighted by Gasteiger charge is 2.28. The number of amides is 1. The smallest absolute Gasteiger partial charge is 0.260 e. The van der Waals surface area contributed by atoms with Gasteiger partial charge in [-0.2, -0.15) is 4.31 Å². The molecule has 0 bridgehead atoms. The number of carbonyl (C=O) groups excluding carboxylic acids is 1. The molecule has 1 amide bonds. The molecule has 10 heteroatoms. The van der Waals surface area contributed by atoms with Crippen LogP contribution in [-0.4, -0.2) is 81.0 Å². The Morgan fingerprint density at radius 3 is 2.46 bits per heavy atom. The van der Waals surface area contributed by atoms with Gasteiger partial charge in [-0.25, -0.2) is 13.4 Å². The van der Waals surface area contributed by atoms with Crippen LogP contribution in [0.25, 0.3) is 10.2 Å². The Hall–Kier alpha value is -2.37. The number of nitrogens with zero attached hydrogens (tertiary/aromatic N) is 4. The Labute approximate surface area is 222 Å². The lowest BCUT2D eigenvalue weighted by Crippen LogP contribution is -2.39. The monoisotopic (exact) mass is 542 g/mol. The summed E-state index contributed by atoms with van der Waals surface area (Å²) in [7, 11) is -3.52. The van der Waals surface area contributed by atoms with Gasteiger partial charge >= 0.3 is 0 Å². The SMILES string of the molecule is Cc1cc(C)c2sc(N(CCCN3CCOCC3)C(=O)c3ccc(S(=O)(=O)N4CCCC4)cc3)nc2c1. The molecule has 0 spiro atoms. The van der Waals surface area contributed by atoms with Gasteiger partial charge in [-0.3, -0.25) is 14.6 Å². The number of ether oxygens (including phenoxy) is 1. The number of aromatic nitrogens is 1. The molecule has 2 aliphatic rings. The van der Waals surface area contributed by atoms with Gasteiger partial charge in [-0.1, -0.05) is 17.4 Å². The Morgan fingerprint density at radius 2 is 1.76 bits per heavy atom. The molecule has 0 radical (unpaired) electrons. The van der Waals surface area contributed by atoms with Crippen molar-refractivity contribution in [3.05, 3.63) is 53.1 Å². The number of rotatable bonds is 8. The summed E-state index contributed by atoms with van der Waals surface area (Å²) in [5, 5.41) is 0.671. The summed E-state index contributed by atoms with van der Waals surface area (Å²) >= 11 is 1.53. The zero-order valence-corrected chi connectivity index (χ0v) is 23.1. The maximum absolute atomic E-state index is 13.8. The fourth-order valence-corrected chi connectivity index (χ4v) is 7.60. The predicted octanol–water partition coefficient (Wildman–Crippen LogP) is 4.07. The summed E-state index contributed by atoms with van der Waals surface area (Å²) in [4.78, 5) is 23.0. The van der Waals surface area contributed by atoms with E-state index in [-0.39, 0.29) is 10.8 Å². The van der Waals surface area contributed by atoms with Crippen LogP contribution in [0.1, 0.15) is 40.7 Å². The lowest BCUT2D eigenvalue weighted by Gasteiger charge is -2.27.